The first-order valence-electron chi connectivity index (χ1n) is 20.8. The Kier molecular flexibility index (Phi) is 14.5. The van der Waals surface area contributed by atoms with Crippen molar-refractivity contribution in [2.24, 2.45) is 22.7 Å². The van der Waals surface area contributed by atoms with Crippen molar-refractivity contribution >= 4 is 18.0 Å². The van der Waals surface area contributed by atoms with Crippen LogP contribution in [0.5, 0.6) is 0 Å². The van der Waals surface area contributed by atoms with Gasteiger partial charge in [-0.15, -0.1) is 0 Å². The van der Waals surface area contributed by atoms with Crippen LogP contribution in [-0.4, -0.2) is 95.8 Å². The molecule has 3 N–H and O–H groups in total. The Hall–Kier alpha value is -4.23. The van der Waals surface area contributed by atoms with Crippen LogP contribution in [0.4, 0.5) is 4.79 Å². The number of amides is 1. The van der Waals surface area contributed by atoms with Crippen molar-refractivity contribution in [2.45, 2.75) is 149 Å². The predicted octanol–water partition coefficient (Wildman–Crippen LogP) is 7.95. The maximum Gasteiger partial charge on any atom is 0.408 e. The number of benzene rings is 1. The highest BCUT2D eigenvalue weighted by Crippen LogP contribution is 2.66. The van der Waals surface area contributed by atoms with Gasteiger partial charge in [0.25, 0.3) is 0 Å². The third kappa shape index (κ3) is 8.49. The first kappa shape index (κ1) is 48.4. The van der Waals surface area contributed by atoms with E-state index >= 15 is 0 Å². The summed E-state index contributed by atoms with van der Waals surface area (Å²) in [5.41, 5.74) is -3.84. The minimum Gasteiger partial charge on any atom is -0.488 e. The number of allylic oxidation sites excluding steroid dienone is 1. The second-order valence-electron chi connectivity index (χ2n) is 18.3. The number of hydrogen-bond acceptors (Lipinski definition) is 11. The molecule has 12 nitrogen and oxygen atoms in total. The van der Waals surface area contributed by atoms with Crippen LogP contribution in [-0.2, 0) is 33.2 Å². The fourth-order valence-electron chi connectivity index (χ4n) is 10.5. The third-order valence-electron chi connectivity index (χ3n) is 13.6. The highest BCUT2D eigenvalue weighted by atomic mass is 16.6. The summed E-state index contributed by atoms with van der Waals surface area (Å²) in [7, 11) is 3.18. The zero-order valence-corrected chi connectivity index (χ0v) is 38.0. The van der Waals surface area contributed by atoms with E-state index in [1.807, 2.05) is 41.5 Å². The van der Waals surface area contributed by atoms with Crippen LogP contribution in [0.3, 0.4) is 0 Å². The van der Waals surface area contributed by atoms with Crippen molar-refractivity contribution in [1.29, 1.82) is 0 Å². The lowest BCUT2D eigenvalue weighted by Gasteiger charge is -2.67. The molecule has 12 heteroatoms. The van der Waals surface area contributed by atoms with E-state index in [1.165, 1.54) is 13.0 Å². The molecule has 0 saturated heterocycles. The number of fused-ring (bicyclic) bond motifs is 3. The van der Waals surface area contributed by atoms with E-state index in [0.29, 0.717) is 35.1 Å². The number of ether oxygens (including phenoxy) is 6. The smallest absolute Gasteiger partial charge is 0.408 e. The van der Waals surface area contributed by atoms with Gasteiger partial charge in [0.2, 0.25) is 0 Å². The van der Waals surface area contributed by atoms with Gasteiger partial charge in [0.05, 0.1) is 23.6 Å². The normalized spacial score (nSPS) is 32.6. The largest absolute Gasteiger partial charge is 0.488 e. The molecule has 2 bridgehead atoms. The summed E-state index contributed by atoms with van der Waals surface area (Å²) in [6, 6.07) is 7.44. The van der Waals surface area contributed by atoms with Gasteiger partial charge in [-0.05, 0) is 87.8 Å². The number of nitrogens with one attached hydrogen (secondary N) is 1. The van der Waals surface area contributed by atoms with Crippen molar-refractivity contribution in [1.82, 2.24) is 5.32 Å². The second-order valence-corrected chi connectivity index (χ2v) is 18.3. The SMILES string of the molecule is C=C/C(=C\C)[C@H](NC(=O)OC(C)(C)C)[C@@H](O)C(=C)O[C@H]1C[C@@]2(O)[C@@H](OC(=O)c3ccccc3)[C@@H]3[C@@](CC)(OC(C)=O)[C@H](C)C[C@H](OC)[C@@]3(C)C(=C)[C@H](OC)C(=C1C)C2(C)C. The Morgan fingerprint density at radius 1 is 1.07 bits per heavy atom. The Balaban J connectivity index is 2.03. The molecule has 1 aromatic carbocycles. The van der Waals surface area contributed by atoms with Gasteiger partial charge in [-0.1, -0.05) is 84.7 Å². The molecule has 0 heterocycles. The molecule has 1 amide bonds. The number of methoxy groups -OCH3 is 2. The van der Waals surface area contributed by atoms with Crippen LogP contribution in [0, 0.1) is 22.7 Å². The molecule has 2 saturated carbocycles. The molecule has 3 aliphatic carbocycles. The van der Waals surface area contributed by atoms with Crippen LogP contribution in [0.15, 0.2) is 90.3 Å². The van der Waals surface area contributed by atoms with E-state index in [-0.39, 0.29) is 23.7 Å². The highest BCUT2D eigenvalue weighted by Gasteiger charge is 2.73. The third-order valence-corrected chi connectivity index (χ3v) is 13.6. The van der Waals surface area contributed by atoms with Crippen molar-refractivity contribution < 1.29 is 53.0 Å². The maximum atomic E-state index is 14.5. The summed E-state index contributed by atoms with van der Waals surface area (Å²) in [5.74, 6) is -2.63. The monoisotopic (exact) mass is 835 g/mol. The lowest BCUT2D eigenvalue weighted by atomic mass is 9.43. The average Bonchev–Trinajstić information content (AvgIpc) is 3.17. The molecule has 60 heavy (non-hydrogen) atoms. The summed E-state index contributed by atoms with van der Waals surface area (Å²) < 4.78 is 38.1. The summed E-state index contributed by atoms with van der Waals surface area (Å²) >= 11 is 0. The molecule has 2 fully saturated rings. The molecule has 0 aliphatic heterocycles. The standard InChI is InChI=1S/C48H69NO11/c1-17-32(18-2)37(49-43(53)60-44(9,10)11)38(51)30(7)57-34-26-48(54)41(58-42(52)33-23-21-20-22-24-33)40-46(14,29(6)39(56-16)36(28(34)5)45(48,12)13)35(55-15)25-27(4)47(40,19-3)59-31(8)50/h17-18,20-24,27,34-35,37-41,51,54H,1,6-7,19,25-26H2,2-5,8-16H3,(H,49,53)/b32-18+/t27-,34+,35+,37+,38+,39+,40+,41+,46-,47+,48-/m1/s1. The number of hydrogen-bond donors (Lipinski definition) is 3. The maximum absolute atomic E-state index is 14.5. The second kappa shape index (κ2) is 18.0. The number of carbonyl (C=O) groups excluding carboxylic acids is 3. The van der Waals surface area contributed by atoms with E-state index in [0.717, 1.165) is 0 Å². The van der Waals surface area contributed by atoms with Crippen LogP contribution in [0.25, 0.3) is 0 Å². The molecule has 0 radical (unpaired) electrons. The van der Waals surface area contributed by atoms with Gasteiger partial charge in [-0.2, -0.15) is 0 Å². The summed E-state index contributed by atoms with van der Waals surface area (Å²) in [5, 5.41) is 28.6. The van der Waals surface area contributed by atoms with Crippen LogP contribution in [0.2, 0.25) is 0 Å². The molecule has 332 valence electrons. The highest BCUT2D eigenvalue weighted by molar-refractivity contribution is 5.89. The van der Waals surface area contributed by atoms with Crippen molar-refractivity contribution in [3.8, 4) is 0 Å². The van der Waals surface area contributed by atoms with Crippen LogP contribution < -0.4 is 5.32 Å². The lowest BCUT2D eigenvalue weighted by molar-refractivity contribution is -0.275. The van der Waals surface area contributed by atoms with Gasteiger partial charge in [-0.25, -0.2) is 9.59 Å². The van der Waals surface area contributed by atoms with Gasteiger partial charge in [0, 0.05) is 38.4 Å². The van der Waals surface area contributed by atoms with E-state index in [4.69, 9.17) is 35.0 Å². The van der Waals surface area contributed by atoms with E-state index in [9.17, 15) is 24.6 Å². The number of alkyl carbamates (subject to hydrolysis) is 1. The fraction of sp³-hybridized carbons (Fsp3) is 0.604. The zero-order valence-electron chi connectivity index (χ0n) is 38.0. The molecule has 1 aromatic rings. The van der Waals surface area contributed by atoms with Gasteiger partial charge >= 0.3 is 18.0 Å². The Labute approximate surface area is 357 Å². The molecule has 4 rings (SSSR count). The van der Waals surface area contributed by atoms with Crippen molar-refractivity contribution in [3.05, 3.63) is 95.8 Å². The Morgan fingerprint density at radius 2 is 1.68 bits per heavy atom. The first-order chi connectivity index (χ1) is 27.9. The molecule has 3 aliphatic rings. The van der Waals surface area contributed by atoms with Crippen LogP contribution >= 0.6 is 0 Å². The van der Waals surface area contributed by atoms with Gasteiger partial charge in [0.1, 0.15) is 47.0 Å². The number of rotatable bonds is 13. The fourth-order valence-corrected chi connectivity index (χ4v) is 10.5. The molecule has 0 aromatic heterocycles. The molecular weight excluding hydrogens is 767 g/mol. The van der Waals surface area contributed by atoms with Crippen molar-refractivity contribution in [3.63, 3.8) is 0 Å². The van der Waals surface area contributed by atoms with E-state index < -0.39 is 88.1 Å². The van der Waals surface area contributed by atoms with E-state index in [2.05, 4.69) is 18.5 Å². The Bertz CT molecular complexity index is 1880. The zero-order chi connectivity index (χ0) is 45.3. The average molecular weight is 836 g/mol. The molecule has 11 atom stereocenters. The summed E-state index contributed by atoms with van der Waals surface area (Å²) in [4.78, 5) is 40.8. The number of carbonyl (C=O) groups is 3. The van der Waals surface area contributed by atoms with Crippen molar-refractivity contribution in [2.75, 3.05) is 14.2 Å². The van der Waals surface area contributed by atoms with Gasteiger partial charge in [-0.3, -0.25) is 4.79 Å². The van der Waals surface area contributed by atoms with Gasteiger partial charge < -0.3 is 44.0 Å². The predicted molar refractivity (Wildman–Crippen MR) is 230 cm³/mol. The summed E-state index contributed by atoms with van der Waals surface area (Å²) in [6.07, 6.45) is -2.25. The lowest BCUT2D eigenvalue weighted by Crippen LogP contribution is -2.75. The molecule has 0 spiro atoms. The summed E-state index contributed by atoms with van der Waals surface area (Å²) in [6.45, 7) is 32.5. The molecular formula is C48H69NO11. The molecule has 0 unspecified atom stereocenters. The minimum absolute atomic E-state index is 0.121. The quantitative estimate of drug-likeness (QED) is 0.0582. The Morgan fingerprint density at radius 3 is 2.18 bits per heavy atom. The van der Waals surface area contributed by atoms with E-state index in [1.54, 1.807) is 78.3 Å². The number of esters is 2. The minimum atomic E-state index is -1.98. The number of aliphatic hydroxyl groups excluding tert-OH is 1. The topological polar surface area (TPSA) is 159 Å². The number of aliphatic hydroxyl groups is 2. The first-order valence-corrected chi connectivity index (χ1v) is 20.8. The van der Waals surface area contributed by atoms with Gasteiger partial charge in [0.15, 0.2) is 0 Å². The van der Waals surface area contributed by atoms with Crippen LogP contribution in [0.1, 0.15) is 106 Å².